The Balaban J connectivity index is 2.02. The van der Waals surface area contributed by atoms with Crippen molar-refractivity contribution in [3.63, 3.8) is 0 Å². The SMILES string of the molecule is FC(F)(F)OCCn1cc(-c2ccccc2I)cn1. The summed E-state index contributed by atoms with van der Waals surface area (Å²) in [6.45, 7) is -0.389. The fourth-order valence-corrected chi connectivity index (χ4v) is 2.27. The van der Waals surface area contributed by atoms with Gasteiger partial charge in [-0.05, 0) is 34.2 Å². The number of nitrogens with zero attached hydrogens (tertiary/aromatic N) is 2. The van der Waals surface area contributed by atoms with Gasteiger partial charge in [-0.15, -0.1) is 13.2 Å². The maximum atomic E-state index is 11.8. The molecule has 0 saturated carbocycles. The molecule has 0 amide bonds. The van der Waals surface area contributed by atoms with E-state index in [2.05, 4.69) is 32.4 Å². The Morgan fingerprint density at radius 1 is 1.26 bits per heavy atom. The lowest BCUT2D eigenvalue weighted by Gasteiger charge is -2.06. The number of alkyl halides is 3. The second-order valence-electron chi connectivity index (χ2n) is 3.77. The fraction of sp³-hybridized carbons (Fsp3) is 0.250. The quantitative estimate of drug-likeness (QED) is 0.755. The van der Waals surface area contributed by atoms with E-state index in [0.717, 1.165) is 14.7 Å². The van der Waals surface area contributed by atoms with Crippen molar-refractivity contribution in [3.05, 3.63) is 40.2 Å². The van der Waals surface area contributed by atoms with E-state index >= 15 is 0 Å². The summed E-state index contributed by atoms with van der Waals surface area (Å²) in [5.41, 5.74) is 1.88. The van der Waals surface area contributed by atoms with Crippen molar-refractivity contribution in [2.24, 2.45) is 0 Å². The molecule has 0 spiro atoms. The van der Waals surface area contributed by atoms with Crippen LogP contribution in [0.15, 0.2) is 36.7 Å². The predicted octanol–water partition coefficient (Wildman–Crippen LogP) is 3.69. The van der Waals surface area contributed by atoms with Crippen molar-refractivity contribution in [1.82, 2.24) is 9.78 Å². The van der Waals surface area contributed by atoms with Crippen LogP contribution in [0.1, 0.15) is 0 Å². The van der Waals surface area contributed by atoms with Gasteiger partial charge >= 0.3 is 6.36 Å². The second-order valence-corrected chi connectivity index (χ2v) is 4.93. The molecule has 0 bridgehead atoms. The zero-order valence-electron chi connectivity index (χ0n) is 9.69. The van der Waals surface area contributed by atoms with Crippen molar-refractivity contribution in [3.8, 4) is 11.1 Å². The van der Waals surface area contributed by atoms with Crippen molar-refractivity contribution < 1.29 is 17.9 Å². The van der Waals surface area contributed by atoms with Gasteiger partial charge in [-0.2, -0.15) is 5.10 Å². The van der Waals surface area contributed by atoms with Gasteiger partial charge < -0.3 is 0 Å². The number of aromatic nitrogens is 2. The number of rotatable bonds is 4. The van der Waals surface area contributed by atoms with Gasteiger partial charge in [0.1, 0.15) is 0 Å². The molecule has 3 nitrogen and oxygen atoms in total. The van der Waals surface area contributed by atoms with Crippen LogP contribution in [0, 0.1) is 3.57 Å². The molecule has 7 heteroatoms. The van der Waals surface area contributed by atoms with Gasteiger partial charge in [0.2, 0.25) is 0 Å². The lowest BCUT2D eigenvalue weighted by atomic mass is 10.1. The van der Waals surface area contributed by atoms with Crippen molar-refractivity contribution >= 4 is 22.6 Å². The Kier molecular flexibility index (Phi) is 4.46. The minimum atomic E-state index is -4.59. The first kappa shape index (κ1) is 14.3. The van der Waals surface area contributed by atoms with Gasteiger partial charge in [0.25, 0.3) is 0 Å². The van der Waals surface area contributed by atoms with Gasteiger partial charge in [0.05, 0.1) is 19.3 Å². The topological polar surface area (TPSA) is 27.1 Å². The first-order valence-corrected chi connectivity index (χ1v) is 6.51. The van der Waals surface area contributed by atoms with E-state index < -0.39 is 13.0 Å². The molecule has 102 valence electrons. The first-order valence-electron chi connectivity index (χ1n) is 5.44. The second kappa shape index (κ2) is 5.91. The maximum absolute atomic E-state index is 11.8. The molecule has 1 heterocycles. The van der Waals surface area contributed by atoms with Crippen LogP contribution in [0.4, 0.5) is 13.2 Å². The number of halogens is 4. The number of hydrogen-bond donors (Lipinski definition) is 0. The molecule has 0 aliphatic rings. The Bertz CT molecular complexity index is 554. The third-order valence-corrected chi connectivity index (χ3v) is 3.34. The Labute approximate surface area is 121 Å². The van der Waals surface area contributed by atoms with E-state index in [0.29, 0.717) is 0 Å². The molecule has 0 fully saturated rings. The van der Waals surface area contributed by atoms with Crippen LogP contribution in [-0.2, 0) is 11.3 Å². The number of benzene rings is 1. The standard InChI is InChI=1S/C12H10F3IN2O/c13-12(14,15)19-6-5-18-8-9(7-17-18)10-3-1-2-4-11(10)16/h1-4,7-8H,5-6H2. The van der Waals surface area contributed by atoms with E-state index in [-0.39, 0.29) is 6.54 Å². The Morgan fingerprint density at radius 2 is 2.00 bits per heavy atom. The highest BCUT2D eigenvalue weighted by molar-refractivity contribution is 14.1. The van der Waals surface area contributed by atoms with Gasteiger partial charge in [-0.3, -0.25) is 9.42 Å². The first-order chi connectivity index (χ1) is 8.96. The van der Waals surface area contributed by atoms with Crippen LogP contribution >= 0.6 is 22.6 Å². The lowest BCUT2D eigenvalue weighted by Crippen LogP contribution is -2.17. The van der Waals surface area contributed by atoms with Gasteiger partial charge in [0.15, 0.2) is 0 Å². The Hall–Kier alpha value is -1.09. The predicted molar refractivity (Wildman–Crippen MR) is 72.4 cm³/mol. The molecule has 0 atom stereocenters. The molecule has 0 aliphatic carbocycles. The maximum Gasteiger partial charge on any atom is 0.522 e. The smallest absolute Gasteiger partial charge is 0.290 e. The average molecular weight is 382 g/mol. The van der Waals surface area contributed by atoms with Crippen LogP contribution in [-0.4, -0.2) is 22.7 Å². The summed E-state index contributed by atoms with van der Waals surface area (Å²) >= 11 is 2.20. The number of ether oxygens (including phenoxy) is 1. The van der Waals surface area contributed by atoms with E-state index in [1.165, 1.54) is 4.68 Å². The van der Waals surface area contributed by atoms with Crippen LogP contribution in [0.2, 0.25) is 0 Å². The summed E-state index contributed by atoms with van der Waals surface area (Å²) in [5, 5.41) is 4.02. The normalized spacial score (nSPS) is 11.8. The summed E-state index contributed by atoms with van der Waals surface area (Å²) in [6.07, 6.45) is -1.26. The molecule has 0 aliphatic heterocycles. The summed E-state index contributed by atoms with van der Waals surface area (Å²) in [5.74, 6) is 0. The third-order valence-electron chi connectivity index (χ3n) is 2.40. The molecule has 0 saturated heterocycles. The molecular weight excluding hydrogens is 372 g/mol. The molecule has 0 N–H and O–H groups in total. The summed E-state index contributed by atoms with van der Waals surface area (Å²) in [7, 11) is 0. The van der Waals surface area contributed by atoms with Crippen LogP contribution in [0.3, 0.4) is 0 Å². The highest BCUT2D eigenvalue weighted by Gasteiger charge is 2.28. The zero-order chi connectivity index (χ0) is 13.9. The number of hydrogen-bond acceptors (Lipinski definition) is 2. The molecule has 0 radical (unpaired) electrons. The van der Waals surface area contributed by atoms with Crippen molar-refractivity contribution in [2.75, 3.05) is 6.61 Å². The highest BCUT2D eigenvalue weighted by Crippen LogP contribution is 2.24. The van der Waals surface area contributed by atoms with Crippen LogP contribution < -0.4 is 0 Å². The van der Waals surface area contributed by atoms with Crippen LogP contribution in [0.5, 0.6) is 0 Å². The summed E-state index contributed by atoms with van der Waals surface area (Å²) in [4.78, 5) is 0. The summed E-state index contributed by atoms with van der Waals surface area (Å²) < 4.78 is 41.7. The van der Waals surface area contributed by atoms with Crippen LogP contribution in [0.25, 0.3) is 11.1 Å². The molecule has 19 heavy (non-hydrogen) atoms. The van der Waals surface area contributed by atoms with E-state index in [1.807, 2.05) is 24.3 Å². The van der Waals surface area contributed by atoms with E-state index in [4.69, 9.17) is 0 Å². The molecule has 1 aromatic heterocycles. The minimum Gasteiger partial charge on any atom is -0.290 e. The van der Waals surface area contributed by atoms with E-state index in [9.17, 15) is 13.2 Å². The highest BCUT2D eigenvalue weighted by atomic mass is 127. The fourth-order valence-electron chi connectivity index (χ4n) is 1.58. The average Bonchev–Trinajstić information content (AvgIpc) is 2.76. The minimum absolute atomic E-state index is 0.0585. The zero-order valence-corrected chi connectivity index (χ0v) is 11.9. The molecule has 1 aromatic carbocycles. The Morgan fingerprint density at radius 3 is 2.68 bits per heavy atom. The molecular formula is C12H10F3IN2O. The molecule has 0 unspecified atom stereocenters. The summed E-state index contributed by atoms with van der Waals surface area (Å²) in [6, 6.07) is 7.73. The van der Waals surface area contributed by atoms with Gasteiger partial charge in [-0.1, -0.05) is 18.2 Å². The van der Waals surface area contributed by atoms with Gasteiger partial charge in [0, 0.05) is 15.3 Å². The van der Waals surface area contributed by atoms with Gasteiger partial charge in [-0.25, -0.2) is 0 Å². The van der Waals surface area contributed by atoms with Crippen molar-refractivity contribution in [1.29, 1.82) is 0 Å². The molecule has 2 aromatic rings. The lowest BCUT2D eigenvalue weighted by molar-refractivity contribution is -0.325. The van der Waals surface area contributed by atoms with E-state index in [1.54, 1.807) is 12.4 Å². The monoisotopic (exact) mass is 382 g/mol. The largest absolute Gasteiger partial charge is 0.522 e. The third kappa shape index (κ3) is 4.20. The van der Waals surface area contributed by atoms with Crippen molar-refractivity contribution in [2.45, 2.75) is 12.9 Å². The molecule has 2 rings (SSSR count).